The molecule has 0 heterocycles. The predicted octanol–water partition coefficient (Wildman–Crippen LogP) is 0.331. The molecule has 0 saturated carbocycles. The fraction of sp³-hybridized carbons (Fsp3) is 0. The third-order valence-electron chi connectivity index (χ3n) is 1.65. The van der Waals surface area contributed by atoms with E-state index in [1.54, 1.807) is 0 Å². The van der Waals surface area contributed by atoms with E-state index in [4.69, 9.17) is 10.3 Å². The molecule has 0 bridgehead atoms. The van der Waals surface area contributed by atoms with E-state index in [0.717, 1.165) is 4.89 Å². The fourth-order valence-electron chi connectivity index (χ4n) is 0.932. The molecule has 0 aliphatic rings. The van der Waals surface area contributed by atoms with Gasteiger partial charge in [0.25, 0.3) is 10.0 Å². The number of carboxylic acid groups (broad SMARTS) is 1. The second-order valence-corrected chi connectivity index (χ2v) is 4.30. The Balaban J connectivity index is 3.57. The number of sulfonamides is 1. The predicted molar refractivity (Wildman–Crippen MR) is 45.4 cm³/mol. The van der Waals surface area contributed by atoms with Crippen LogP contribution in [0.15, 0.2) is 17.0 Å². The maximum atomic E-state index is 13.0. The van der Waals surface area contributed by atoms with Gasteiger partial charge in [0.1, 0.15) is 4.90 Å². The Bertz CT molecular complexity index is 542. The van der Waals surface area contributed by atoms with Gasteiger partial charge >= 0.3 is 5.97 Å². The van der Waals surface area contributed by atoms with E-state index in [2.05, 4.69) is 0 Å². The Labute approximate surface area is 88.1 Å². The zero-order valence-electron chi connectivity index (χ0n) is 7.44. The third kappa shape index (κ3) is 2.15. The summed E-state index contributed by atoms with van der Waals surface area (Å²) in [6.45, 7) is 0. The summed E-state index contributed by atoms with van der Waals surface area (Å²) in [6, 6.07) is 0.716. The van der Waals surface area contributed by atoms with Crippen molar-refractivity contribution in [3.8, 4) is 0 Å². The van der Waals surface area contributed by atoms with Crippen LogP contribution in [0.4, 0.5) is 8.78 Å². The van der Waals surface area contributed by atoms with Gasteiger partial charge < -0.3 is 10.3 Å². The highest BCUT2D eigenvalue weighted by molar-refractivity contribution is 7.89. The lowest BCUT2D eigenvalue weighted by atomic mass is 10.2. The maximum Gasteiger partial charge on any atom is 0.335 e. The van der Waals surface area contributed by atoms with Crippen molar-refractivity contribution in [2.75, 3.05) is 0 Å². The first kappa shape index (κ1) is 12.5. The van der Waals surface area contributed by atoms with Crippen molar-refractivity contribution < 1.29 is 32.3 Å². The molecule has 0 amide bonds. The number of hydrogen-bond donors (Lipinski definition) is 3. The zero-order chi connectivity index (χ0) is 12.5. The average molecular weight is 253 g/mol. The highest BCUT2D eigenvalue weighted by Gasteiger charge is 2.23. The lowest BCUT2D eigenvalue weighted by Crippen LogP contribution is -2.21. The summed E-state index contributed by atoms with van der Waals surface area (Å²) in [5, 5.41) is 16.7. The topological polar surface area (TPSA) is 104 Å². The number of carbonyl (C=O) groups is 1. The second-order valence-electron chi connectivity index (χ2n) is 2.67. The van der Waals surface area contributed by atoms with Crippen molar-refractivity contribution in [1.82, 2.24) is 4.89 Å². The molecule has 88 valence electrons. The van der Waals surface area contributed by atoms with E-state index >= 15 is 0 Å². The van der Waals surface area contributed by atoms with E-state index in [9.17, 15) is 22.0 Å². The highest BCUT2D eigenvalue weighted by atomic mass is 32.2. The van der Waals surface area contributed by atoms with Gasteiger partial charge in [0.15, 0.2) is 11.6 Å². The summed E-state index contributed by atoms with van der Waals surface area (Å²) in [4.78, 5) is 9.94. The molecule has 1 aromatic carbocycles. The summed E-state index contributed by atoms with van der Waals surface area (Å²) in [6.07, 6.45) is 0. The molecule has 0 fully saturated rings. The van der Waals surface area contributed by atoms with E-state index in [0.29, 0.717) is 12.1 Å². The molecule has 0 aliphatic heterocycles. The Kier molecular flexibility index (Phi) is 3.21. The third-order valence-corrected chi connectivity index (χ3v) is 2.77. The smallest absolute Gasteiger partial charge is 0.335 e. The van der Waals surface area contributed by atoms with E-state index < -0.39 is 38.1 Å². The van der Waals surface area contributed by atoms with Crippen LogP contribution in [0.2, 0.25) is 0 Å². The monoisotopic (exact) mass is 253 g/mol. The van der Waals surface area contributed by atoms with E-state index in [-0.39, 0.29) is 0 Å². The highest BCUT2D eigenvalue weighted by Crippen LogP contribution is 2.19. The first-order chi connectivity index (χ1) is 7.29. The molecule has 0 aliphatic carbocycles. The minimum atomic E-state index is -4.68. The summed E-state index contributed by atoms with van der Waals surface area (Å²) >= 11 is 0. The van der Waals surface area contributed by atoms with Gasteiger partial charge in [0, 0.05) is 0 Å². The zero-order valence-corrected chi connectivity index (χ0v) is 8.25. The molecule has 1 aromatic rings. The second kappa shape index (κ2) is 4.12. The number of hydrogen-bond acceptors (Lipinski definition) is 4. The van der Waals surface area contributed by atoms with Crippen LogP contribution in [-0.2, 0) is 10.0 Å². The standard InChI is InChI=1S/C7H5F2NO5S/c8-4-1-3(7(11)12)2-5(6(4)9)16(14,15)10-13/h1-2,10,13H,(H,11,12). The first-order valence-electron chi connectivity index (χ1n) is 3.68. The average Bonchev–Trinajstić information content (AvgIpc) is 2.21. The number of rotatable bonds is 3. The summed E-state index contributed by atoms with van der Waals surface area (Å²) in [5.74, 6) is -5.05. The van der Waals surface area contributed by atoms with Gasteiger partial charge in [-0.15, -0.1) is 0 Å². The SMILES string of the molecule is O=C(O)c1cc(F)c(F)c(S(=O)(=O)NO)c1. The summed E-state index contributed by atoms with van der Waals surface area (Å²) in [5.41, 5.74) is -0.757. The molecule has 3 N–H and O–H groups in total. The number of nitrogens with one attached hydrogen (secondary N) is 1. The molecule has 0 spiro atoms. The normalized spacial score (nSPS) is 11.4. The largest absolute Gasteiger partial charge is 0.478 e. The number of aromatic carboxylic acids is 1. The van der Waals surface area contributed by atoms with Gasteiger partial charge in [-0.25, -0.2) is 22.0 Å². The number of benzene rings is 1. The van der Waals surface area contributed by atoms with Crippen LogP contribution in [0.25, 0.3) is 0 Å². The first-order valence-corrected chi connectivity index (χ1v) is 5.16. The summed E-state index contributed by atoms with van der Waals surface area (Å²) in [7, 11) is -4.68. The van der Waals surface area contributed by atoms with Crippen molar-refractivity contribution in [3.05, 3.63) is 29.3 Å². The van der Waals surface area contributed by atoms with Gasteiger partial charge in [0.05, 0.1) is 5.56 Å². The van der Waals surface area contributed by atoms with Gasteiger partial charge in [-0.3, -0.25) is 0 Å². The van der Waals surface area contributed by atoms with Gasteiger partial charge in [-0.05, 0) is 12.1 Å². The molecule has 0 unspecified atom stereocenters. The van der Waals surface area contributed by atoms with Crippen LogP contribution in [0, 0.1) is 11.6 Å². The van der Waals surface area contributed by atoms with Crippen LogP contribution >= 0.6 is 0 Å². The Morgan fingerprint density at radius 2 is 1.88 bits per heavy atom. The van der Waals surface area contributed by atoms with Crippen molar-refractivity contribution in [2.24, 2.45) is 0 Å². The Hall–Kier alpha value is -1.58. The fourth-order valence-corrected chi connectivity index (χ4v) is 1.65. The molecule has 0 atom stereocenters. The van der Waals surface area contributed by atoms with Gasteiger partial charge in [0.2, 0.25) is 0 Å². The molecule has 16 heavy (non-hydrogen) atoms. The molecule has 0 radical (unpaired) electrons. The molecule has 0 aromatic heterocycles. The maximum absolute atomic E-state index is 13.0. The lowest BCUT2D eigenvalue weighted by molar-refractivity contribution is 0.0696. The van der Waals surface area contributed by atoms with Crippen molar-refractivity contribution in [3.63, 3.8) is 0 Å². The number of carboxylic acids is 1. The van der Waals surface area contributed by atoms with Crippen LogP contribution in [0.1, 0.15) is 10.4 Å². The molecule has 6 nitrogen and oxygen atoms in total. The van der Waals surface area contributed by atoms with Crippen molar-refractivity contribution >= 4 is 16.0 Å². The van der Waals surface area contributed by atoms with Gasteiger partial charge in [-0.2, -0.15) is 0 Å². The van der Waals surface area contributed by atoms with Gasteiger partial charge in [-0.1, -0.05) is 4.89 Å². The lowest BCUT2D eigenvalue weighted by Gasteiger charge is -2.05. The Morgan fingerprint density at radius 3 is 2.31 bits per heavy atom. The minimum Gasteiger partial charge on any atom is -0.478 e. The molecule has 1 rings (SSSR count). The molecular formula is C7H5F2NO5S. The van der Waals surface area contributed by atoms with Crippen LogP contribution in [-0.4, -0.2) is 24.7 Å². The van der Waals surface area contributed by atoms with E-state index in [1.165, 1.54) is 0 Å². The molecule has 0 saturated heterocycles. The van der Waals surface area contributed by atoms with Crippen molar-refractivity contribution in [2.45, 2.75) is 4.90 Å². The van der Waals surface area contributed by atoms with E-state index in [1.807, 2.05) is 0 Å². The Morgan fingerprint density at radius 1 is 1.31 bits per heavy atom. The summed E-state index contributed by atoms with van der Waals surface area (Å²) < 4.78 is 47.9. The van der Waals surface area contributed by atoms with Crippen LogP contribution < -0.4 is 4.89 Å². The van der Waals surface area contributed by atoms with Crippen LogP contribution in [0.3, 0.4) is 0 Å². The van der Waals surface area contributed by atoms with Crippen LogP contribution in [0.5, 0.6) is 0 Å². The molecular weight excluding hydrogens is 248 g/mol. The number of halogens is 2. The molecule has 9 heteroatoms. The van der Waals surface area contributed by atoms with Crippen molar-refractivity contribution in [1.29, 1.82) is 0 Å². The minimum absolute atomic E-state index is 0.327. The quantitative estimate of drug-likeness (QED) is 0.673.